The van der Waals surface area contributed by atoms with Crippen molar-refractivity contribution in [1.82, 2.24) is 15.0 Å². The van der Waals surface area contributed by atoms with Crippen molar-refractivity contribution in [2.75, 3.05) is 19.5 Å². The van der Waals surface area contributed by atoms with Gasteiger partial charge in [-0.1, -0.05) is 11.6 Å². The van der Waals surface area contributed by atoms with E-state index in [1.807, 2.05) is 0 Å². The molecule has 0 fully saturated rings. The molecule has 2 heterocycles. The van der Waals surface area contributed by atoms with E-state index in [0.717, 1.165) is 6.07 Å². The van der Waals surface area contributed by atoms with E-state index in [0.29, 0.717) is 27.8 Å². The van der Waals surface area contributed by atoms with Crippen LogP contribution in [0.3, 0.4) is 0 Å². The maximum Gasteiger partial charge on any atom is 0.433 e. The molecule has 0 aliphatic rings. The highest BCUT2D eigenvalue weighted by molar-refractivity contribution is 6.32. The fraction of sp³-hybridized carbons (Fsp3) is 0.167. The summed E-state index contributed by atoms with van der Waals surface area (Å²) in [6.07, 6.45) is -1.77. The summed E-state index contributed by atoms with van der Waals surface area (Å²) in [5.41, 5.74) is -0.422. The fourth-order valence-electron chi connectivity index (χ4n) is 2.38. The highest BCUT2D eigenvalue weighted by atomic mass is 35.5. The third-order valence-corrected chi connectivity index (χ3v) is 3.97. The number of alkyl halides is 3. The maximum absolute atomic E-state index is 13.3. The van der Waals surface area contributed by atoms with Crippen LogP contribution in [0.5, 0.6) is 11.5 Å². The first kappa shape index (κ1) is 19.7. The molecule has 1 N–H and O–H groups in total. The second-order valence-corrected chi connectivity index (χ2v) is 5.92. The van der Waals surface area contributed by atoms with E-state index in [1.165, 1.54) is 38.7 Å². The van der Waals surface area contributed by atoms with Gasteiger partial charge < -0.3 is 14.8 Å². The lowest BCUT2D eigenvalue weighted by molar-refractivity contribution is -0.141. The monoisotopic (exact) mass is 410 g/mol. The standard InChI is InChI=1S/C18H14ClF3N4O2/c1-27-13-7-12(14(28-2)6-11(13)19)24-16-8-15(18(20,21)22)25-17(26-16)10-4-3-5-23-9-10/h3-9H,1-2H3,(H,24,25,26). The summed E-state index contributed by atoms with van der Waals surface area (Å²) >= 11 is 6.06. The lowest BCUT2D eigenvalue weighted by Crippen LogP contribution is -2.11. The molecule has 0 spiro atoms. The molecule has 0 amide bonds. The van der Waals surface area contributed by atoms with Gasteiger partial charge in [-0.15, -0.1) is 0 Å². The number of rotatable bonds is 5. The van der Waals surface area contributed by atoms with Crippen LogP contribution in [-0.2, 0) is 6.18 Å². The number of benzene rings is 1. The third kappa shape index (κ3) is 4.25. The van der Waals surface area contributed by atoms with Crippen LogP contribution in [0.25, 0.3) is 11.4 Å². The summed E-state index contributed by atoms with van der Waals surface area (Å²) < 4.78 is 50.3. The Morgan fingerprint density at radius 3 is 2.39 bits per heavy atom. The van der Waals surface area contributed by atoms with Crippen molar-refractivity contribution < 1.29 is 22.6 Å². The molecule has 3 aromatic rings. The molecule has 0 saturated carbocycles. The number of methoxy groups -OCH3 is 2. The zero-order chi connectivity index (χ0) is 20.3. The Labute approximate surface area is 163 Å². The molecule has 0 saturated heterocycles. The molecule has 0 unspecified atom stereocenters. The quantitative estimate of drug-likeness (QED) is 0.640. The Morgan fingerprint density at radius 1 is 1.04 bits per heavy atom. The zero-order valence-corrected chi connectivity index (χ0v) is 15.5. The molecule has 6 nitrogen and oxygen atoms in total. The summed E-state index contributed by atoms with van der Waals surface area (Å²) in [7, 11) is 2.83. The van der Waals surface area contributed by atoms with Gasteiger partial charge in [-0.05, 0) is 12.1 Å². The van der Waals surface area contributed by atoms with Gasteiger partial charge in [0.1, 0.15) is 17.3 Å². The Bertz CT molecular complexity index is 985. The van der Waals surface area contributed by atoms with E-state index >= 15 is 0 Å². The predicted octanol–water partition coefficient (Wildman–Crippen LogP) is 4.97. The van der Waals surface area contributed by atoms with Gasteiger partial charge in [-0.3, -0.25) is 4.98 Å². The predicted molar refractivity (Wildman–Crippen MR) is 98.1 cm³/mol. The number of anilines is 2. The van der Waals surface area contributed by atoms with Crippen molar-refractivity contribution in [2.24, 2.45) is 0 Å². The first-order chi connectivity index (χ1) is 13.3. The van der Waals surface area contributed by atoms with Gasteiger partial charge >= 0.3 is 6.18 Å². The van der Waals surface area contributed by atoms with Crippen LogP contribution in [0.15, 0.2) is 42.7 Å². The molecular weight excluding hydrogens is 397 g/mol. The number of hydrogen-bond donors (Lipinski definition) is 1. The number of pyridine rings is 1. The number of hydrogen-bond acceptors (Lipinski definition) is 6. The highest BCUT2D eigenvalue weighted by Crippen LogP contribution is 2.38. The van der Waals surface area contributed by atoms with Crippen LogP contribution in [-0.4, -0.2) is 29.2 Å². The number of nitrogens with one attached hydrogen (secondary N) is 1. The smallest absolute Gasteiger partial charge is 0.433 e. The van der Waals surface area contributed by atoms with Crippen molar-refractivity contribution in [3.8, 4) is 22.9 Å². The van der Waals surface area contributed by atoms with Crippen LogP contribution in [0.2, 0.25) is 5.02 Å². The summed E-state index contributed by atoms with van der Waals surface area (Å²) in [6.45, 7) is 0. The largest absolute Gasteiger partial charge is 0.495 e. The number of aromatic nitrogens is 3. The minimum atomic E-state index is -4.65. The molecule has 28 heavy (non-hydrogen) atoms. The highest BCUT2D eigenvalue weighted by Gasteiger charge is 2.34. The minimum Gasteiger partial charge on any atom is -0.495 e. The van der Waals surface area contributed by atoms with E-state index in [-0.39, 0.29) is 11.6 Å². The molecule has 0 radical (unpaired) electrons. The first-order valence-electron chi connectivity index (χ1n) is 7.87. The maximum atomic E-state index is 13.3. The Balaban J connectivity index is 2.09. The molecule has 0 aliphatic carbocycles. The van der Waals surface area contributed by atoms with Crippen molar-refractivity contribution in [2.45, 2.75) is 6.18 Å². The molecular formula is C18H14ClF3N4O2. The van der Waals surface area contributed by atoms with Gasteiger partial charge in [0.15, 0.2) is 11.5 Å². The second-order valence-electron chi connectivity index (χ2n) is 5.51. The van der Waals surface area contributed by atoms with E-state index in [9.17, 15) is 13.2 Å². The van der Waals surface area contributed by atoms with Gasteiger partial charge in [-0.25, -0.2) is 9.97 Å². The van der Waals surface area contributed by atoms with Crippen LogP contribution < -0.4 is 14.8 Å². The topological polar surface area (TPSA) is 69.2 Å². The van der Waals surface area contributed by atoms with Gasteiger partial charge in [0.25, 0.3) is 0 Å². The fourth-order valence-corrected chi connectivity index (χ4v) is 2.61. The lowest BCUT2D eigenvalue weighted by atomic mass is 10.2. The van der Waals surface area contributed by atoms with E-state index in [1.54, 1.807) is 12.1 Å². The number of halogens is 4. The lowest BCUT2D eigenvalue weighted by Gasteiger charge is -2.15. The van der Waals surface area contributed by atoms with Crippen molar-refractivity contribution in [3.05, 3.63) is 53.4 Å². The van der Waals surface area contributed by atoms with Gasteiger partial charge in [-0.2, -0.15) is 13.2 Å². The Morgan fingerprint density at radius 2 is 1.79 bits per heavy atom. The average molecular weight is 411 g/mol. The molecule has 0 atom stereocenters. The van der Waals surface area contributed by atoms with Gasteiger partial charge in [0, 0.05) is 36.2 Å². The van der Waals surface area contributed by atoms with E-state index in [4.69, 9.17) is 21.1 Å². The molecule has 2 aromatic heterocycles. The van der Waals surface area contributed by atoms with Crippen molar-refractivity contribution >= 4 is 23.1 Å². The van der Waals surface area contributed by atoms with E-state index < -0.39 is 11.9 Å². The summed E-state index contributed by atoms with van der Waals surface area (Å²) in [5, 5.41) is 3.10. The molecule has 146 valence electrons. The van der Waals surface area contributed by atoms with Crippen molar-refractivity contribution in [3.63, 3.8) is 0 Å². The number of ether oxygens (including phenoxy) is 2. The molecule has 0 bridgehead atoms. The summed E-state index contributed by atoms with van der Waals surface area (Å²) in [6, 6.07) is 6.94. The molecule has 1 aromatic carbocycles. The molecule has 10 heteroatoms. The number of nitrogens with zero attached hydrogens (tertiary/aromatic N) is 3. The normalized spacial score (nSPS) is 11.2. The van der Waals surface area contributed by atoms with Crippen LogP contribution in [0.1, 0.15) is 5.69 Å². The van der Waals surface area contributed by atoms with Crippen molar-refractivity contribution in [1.29, 1.82) is 0 Å². The first-order valence-corrected chi connectivity index (χ1v) is 8.25. The Hall–Kier alpha value is -3.07. The molecule has 0 aliphatic heterocycles. The average Bonchev–Trinajstić information content (AvgIpc) is 2.68. The van der Waals surface area contributed by atoms with Gasteiger partial charge in [0.2, 0.25) is 0 Å². The van der Waals surface area contributed by atoms with Crippen LogP contribution in [0, 0.1) is 0 Å². The Kier molecular flexibility index (Phi) is 5.55. The van der Waals surface area contributed by atoms with E-state index in [2.05, 4.69) is 20.3 Å². The molecule has 3 rings (SSSR count). The van der Waals surface area contributed by atoms with Crippen LogP contribution in [0.4, 0.5) is 24.7 Å². The second kappa shape index (κ2) is 7.89. The minimum absolute atomic E-state index is 0.0798. The van der Waals surface area contributed by atoms with Crippen LogP contribution >= 0.6 is 11.6 Å². The SMILES string of the molecule is COc1cc(Nc2cc(C(F)(F)F)nc(-c3cccnc3)n2)c(OC)cc1Cl. The summed E-state index contributed by atoms with van der Waals surface area (Å²) in [5.74, 6) is 0.428. The summed E-state index contributed by atoms with van der Waals surface area (Å²) in [4.78, 5) is 11.7. The third-order valence-electron chi connectivity index (χ3n) is 3.67. The zero-order valence-electron chi connectivity index (χ0n) is 14.7. The van der Waals surface area contributed by atoms with Gasteiger partial charge in [0.05, 0.1) is 24.9 Å².